The van der Waals surface area contributed by atoms with Crippen molar-refractivity contribution in [2.45, 2.75) is 31.7 Å². The zero-order valence-corrected chi connectivity index (χ0v) is 17.3. The second-order valence-electron chi connectivity index (χ2n) is 9.27. The molecule has 3 fully saturated rings. The molecule has 0 spiro atoms. The van der Waals surface area contributed by atoms with Crippen molar-refractivity contribution in [3.8, 4) is 5.75 Å². The Labute approximate surface area is 170 Å². The van der Waals surface area contributed by atoms with Crippen LogP contribution in [0.5, 0.6) is 5.75 Å². The number of ether oxygens (including phenoxy) is 1. The fourth-order valence-corrected chi connectivity index (χ4v) is 6.12. The van der Waals surface area contributed by atoms with Gasteiger partial charge in [0.15, 0.2) is 0 Å². The highest BCUT2D eigenvalue weighted by molar-refractivity contribution is 5.58. The molecule has 2 bridgehead atoms. The van der Waals surface area contributed by atoms with Gasteiger partial charge in [0, 0.05) is 38.8 Å². The van der Waals surface area contributed by atoms with Crippen molar-refractivity contribution in [1.29, 1.82) is 0 Å². The number of para-hydroxylation sites is 2. The number of allylic oxidation sites excluding steroid dienone is 2. The Morgan fingerprint density at radius 2 is 1.71 bits per heavy atom. The molecule has 0 unspecified atom stereocenters. The van der Waals surface area contributed by atoms with Gasteiger partial charge in [-0.2, -0.15) is 0 Å². The third-order valence-electron chi connectivity index (χ3n) is 7.72. The van der Waals surface area contributed by atoms with Crippen molar-refractivity contribution >= 4 is 5.69 Å². The van der Waals surface area contributed by atoms with Crippen LogP contribution in [0.25, 0.3) is 0 Å². The number of fused-ring (bicyclic) bond motifs is 2. The van der Waals surface area contributed by atoms with E-state index in [-0.39, 0.29) is 0 Å². The van der Waals surface area contributed by atoms with Gasteiger partial charge in [0.2, 0.25) is 0 Å². The molecule has 2 aliphatic heterocycles. The van der Waals surface area contributed by atoms with E-state index in [0.29, 0.717) is 0 Å². The molecule has 2 saturated heterocycles. The Bertz CT molecular complexity index is 689. The molecule has 4 aliphatic rings. The van der Waals surface area contributed by atoms with Crippen molar-refractivity contribution in [1.82, 2.24) is 9.80 Å². The lowest BCUT2D eigenvalue weighted by molar-refractivity contribution is 0.0918. The number of hydrogen-bond acceptors (Lipinski definition) is 4. The van der Waals surface area contributed by atoms with E-state index in [1.54, 1.807) is 7.11 Å². The standard InChI is InChI=1S/C24H35N3O/c1-28-24-5-3-2-4-23(24)27-14-12-26(13-15-27)22-8-10-25(11-9-22)18-21-17-19-6-7-20(21)16-19/h2-7,19-22H,8-18H2,1H3/t19-,20-,21-/m0/s1. The van der Waals surface area contributed by atoms with Crippen LogP contribution in [-0.2, 0) is 0 Å². The average Bonchev–Trinajstić information content (AvgIpc) is 3.38. The Morgan fingerprint density at radius 3 is 2.39 bits per heavy atom. The summed E-state index contributed by atoms with van der Waals surface area (Å²) in [4.78, 5) is 8.01. The molecule has 4 nitrogen and oxygen atoms in total. The summed E-state index contributed by atoms with van der Waals surface area (Å²) < 4.78 is 5.56. The highest BCUT2D eigenvalue weighted by atomic mass is 16.5. The van der Waals surface area contributed by atoms with Crippen molar-refractivity contribution in [2.24, 2.45) is 17.8 Å². The summed E-state index contributed by atoms with van der Waals surface area (Å²) >= 11 is 0. The molecule has 1 aromatic carbocycles. The fourth-order valence-electron chi connectivity index (χ4n) is 6.12. The third-order valence-corrected chi connectivity index (χ3v) is 7.72. The molecule has 3 atom stereocenters. The minimum atomic E-state index is 0.788. The minimum absolute atomic E-state index is 0.788. The lowest BCUT2D eigenvalue weighted by Gasteiger charge is -2.44. The Morgan fingerprint density at radius 1 is 0.929 bits per heavy atom. The number of likely N-dealkylation sites (tertiary alicyclic amines) is 1. The van der Waals surface area contributed by atoms with Crippen LogP contribution in [0.3, 0.4) is 0 Å². The van der Waals surface area contributed by atoms with E-state index in [0.717, 1.165) is 42.6 Å². The van der Waals surface area contributed by atoms with Crippen LogP contribution in [0.15, 0.2) is 36.4 Å². The minimum Gasteiger partial charge on any atom is -0.495 e. The summed E-state index contributed by atoms with van der Waals surface area (Å²) in [6.07, 6.45) is 10.6. The number of benzene rings is 1. The zero-order chi connectivity index (χ0) is 18.9. The number of rotatable bonds is 5. The van der Waals surface area contributed by atoms with Gasteiger partial charge in [0.1, 0.15) is 5.75 Å². The normalized spacial score (nSPS) is 31.6. The molecule has 0 N–H and O–H groups in total. The monoisotopic (exact) mass is 381 g/mol. The number of methoxy groups -OCH3 is 1. The van der Waals surface area contributed by atoms with Crippen molar-refractivity contribution < 1.29 is 4.74 Å². The average molecular weight is 382 g/mol. The van der Waals surface area contributed by atoms with Gasteiger partial charge in [-0.05, 0) is 68.7 Å². The van der Waals surface area contributed by atoms with Gasteiger partial charge in [-0.3, -0.25) is 4.90 Å². The van der Waals surface area contributed by atoms with E-state index < -0.39 is 0 Å². The predicted molar refractivity (Wildman–Crippen MR) is 115 cm³/mol. The van der Waals surface area contributed by atoms with E-state index in [1.165, 1.54) is 64.1 Å². The van der Waals surface area contributed by atoms with E-state index in [9.17, 15) is 0 Å². The molecule has 4 heteroatoms. The van der Waals surface area contributed by atoms with E-state index >= 15 is 0 Å². The van der Waals surface area contributed by atoms with Gasteiger partial charge >= 0.3 is 0 Å². The van der Waals surface area contributed by atoms with E-state index in [4.69, 9.17) is 4.74 Å². The lowest BCUT2D eigenvalue weighted by Crippen LogP contribution is -2.53. The largest absolute Gasteiger partial charge is 0.495 e. The van der Waals surface area contributed by atoms with Crippen LogP contribution in [-0.4, -0.2) is 68.8 Å². The van der Waals surface area contributed by atoms with Crippen LogP contribution in [0, 0.1) is 17.8 Å². The number of anilines is 1. The van der Waals surface area contributed by atoms with Gasteiger partial charge in [-0.25, -0.2) is 0 Å². The summed E-state index contributed by atoms with van der Waals surface area (Å²) in [7, 11) is 1.77. The number of hydrogen-bond donors (Lipinski definition) is 0. The first kappa shape index (κ1) is 18.5. The maximum absolute atomic E-state index is 5.56. The van der Waals surface area contributed by atoms with Crippen molar-refractivity contribution in [3.05, 3.63) is 36.4 Å². The molecule has 1 aromatic rings. The molecule has 5 rings (SSSR count). The molecule has 2 heterocycles. The summed E-state index contributed by atoms with van der Waals surface area (Å²) in [5.74, 6) is 3.74. The molecule has 152 valence electrons. The maximum atomic E-state index is 5.56. The number of piperazine rings is 1. The van der Waals surface area contributed by atoms with Crippen LogP contribution in [0.4, 0.5) is 5.69 Å². The molecule has 0 amide bonds. The molecule has 2 aliphatic carbocycles. The molecule has 28 heavy (non-hydrogen) atoms. The molecule has 1 saturated carbocycles. The smallest absolute Gasteiger partial charge is 0.142 e. The SMILES string of the molecule is COc1ccccc1N1CCN(C2CCN(C[C@@H]3C[C@H]4C=C[C@H]3C4)CC2)CC1. The number of nitrogens with zero attached hydrogens (tertiary/aromatic N) is 3. The predicted octanol–water partition coefficient (Wildman–Crippen LogP) is 3.49. The third kappa shape index (κ3) is 3.69. The van der Waals surface area contributed by atoms with Crippen LogP contribution in [0.1, 0.15) is 25.7 Å². The first-order chi connectivity index (χ1) is 13.8. The summed E-state index contributed by atoms with van der Waals surface area (Å²) in [6, 6.07) is 9.22. The second kappa shape index (κ2) is 8.08. The van der Waals surface area contributed by atoms with Gasteiger partial charge in [-0.15, -0.1) is 0 Å². The Hall–Kier alpha value is -1.52. The molecular formula is C24H35N3O. The fraction of sp³-hybridized carbons (Fsp3) is 0.667. The summed E-state index contributed by atoms with van der Waals surface area (Å²) in [6.45, 7) is 8.53. The summed E-state index contributed by atoms with van der Waals surface area (Å²) in [5, 5.41) is 0. The number of piperidine rings is 1. The lowest BCUT2D eigenvalue weighted by atomic mass is 9.92. The van der Waals surface area contributed by atoms with Gasteiger partial charge in [0.25, 0.3) is 0 Å². The summed E-state index contributed by atoms with van der Waals surface area (Å²) in [5.41, 5.74) is 1.25. The van der Waals surface area contributed by atoms with E-state index in [2.05, 4.69) is 51.1 Å². The van der Waals surface area contributed by atoms with Gasteiger partial charge in [0.05, 0.1) is 12.8 Å². The first-order valence-corrected chi connectivity index (χ1v) is 11.3. The molecular weight excluding hydrogens is 346 g/mol. The van der Waals surface area contributed by atoms with Crippen molar-refractivity contribution in [2.75, 3.05) is 57.8 Å². The van der Waals surface area contributed by atoms with Gasteiger partial charge in [-0.1, -0.05) is 24.3 Å². The van der Waals surface area contributed by atoms with Crippen LogP contribution >= 0.6 is 0 Å². The Kier molecular flexibility index (Phi) is 5.34. The first-order valence-electron chi connectivity index (χ1n) is 11.3. The maximum Gasteiger partial charge on any atom is 0.142 e. The quantitative estimate of drug-likeness (QED) is 0.727. The van der Waals surface area contributed by atoms with Gasteiger partial charge < -0.3 is 14.5 Å². The van der Waals surface area contributed by atoms with Crippen LogP contribution < -0.4 is 9.64 Å². The highest BCUT2D eigenvalue weighted by Gasteiger charge is 2.37. The molecule has 0 radical (unpaired) electrons. The Balaban J connectivity index is 1.09. The van der Waals surface area contributed by atoms with Crippen LogP contribution in [0.2, 0.25) is 0 Å². The zero-order valence-electron chi connectivity index (χ0n) is 17.3. The second-order valence-corrected chi connectivity index (χ2v) is 9.27. The molecule has 0 aromatic heterocycles. The highest BCUT2D eigenvalue weighted by Crippen LogP contribution is 2.43. The van der Waals surface area contributed by atoms with Crippen molar-refractivity contribution in [3.63, 3.8) is 0 Å². The van der Waals surface area contributed by atoms with E-state index in [1.807, 2.05) is 0 Å². The topological polar surface area (TPSA) is 19.0 Å².